The fraction of sp³-hybridized carbons (Fsp3) is 0.684. The van der Waals surface area contributed by atoms with E-state index in [4.69, 9.17) is 4.43 Å². The van der Waals surface area contributed by atoms with Crippen molar-refractivity contribution in [1.29, 1.82) is 0 Å². The van der Waals surface area contributed by atoms with Crippen LogP contribution < -0.4 is 9.74 Å². The molecule has 1 spiro atoms. The van der Waals surface area contributed by atoms with Crippen molar-refractivity contribution < 1.29 is 19.1 Å². The third-order valence-electron chi connectivity index (χ3n) is 13.6. The summed E-state index contributed by atoms with van der Waals surface area (Å²) in [5, 5.41) is 15.8. The monoisotopic (exact) mass is 617 g/mol. The average molecular weight is 618 g/mol. The van der Waals surface area contributed by atoms with Crippen molar-refractivity contribution in [2.45, 2.75) is 112 Å². The number of allylic oxidation sites excluding steroid dienone is 4. The highest BCUT2D eigenvalue weighted by Crippen LogP contribution is 2.74. The minimum atomic E-state index is -1.99. The molecule has 1 aromatic carbocycles. The number of rotatable bonds is 4. The molecule has 240 valence electrons. The highest BCUT2D eigenvalue weighted by atomic mass is 28.4. The van der Waals surface area contributed by atoms with Gasteiger partial charge in [-0.1, -0.05) is 90.3 Å². The van der Waals surface area contributed by atoms with Gasteiger partial charge in [-0.3, -0.25) is 9.59 Å². The van der Waals surface area contributed by atoms with E-state index in [2.05, 4.69) is 92.9 Å². The van der Waals surface area contributed by atoms with E-state index in [9.17, 15) is 9.90 Å². The van der Waals surface area contributed by atoms with E-state index in [0.717, 1.165) is 36.1 Å². The van der Waals surface area contributed by atoms with Crippen molar-refractivity contribution in [3.63, 3.8) is 0 Å². The Labute approximate surface area is 266 Å². The lowest BCUT2D eigenvalue weighted by Crippen LogP contribution is -2.57. The average Bonchev–Trinajstić information content (AvgIpc) is 3.24. The van der Waals surface area contributed by atoms with Gasteiger partial charge in [-0.25, -0.2) is 0 Å². The van der Waals surface area contributed by atoms with E-state index in [1.165, 1.54) is 5.57 Å². The zero-order valence-corrected chi connectivity index (χ0v) is 29.9. The van der Waals surface area contributed by atoms with Crippen LogP contribution in [0.3, 0.4) is 0 Å². The number of amides is 1. The maximum atomic E-state index is 15.2. The van der Waals surface area contributed by atoms with Gasteiger partial charge in [-0.15, -0.1) is 0 Å². The van der Waals surface area contributed by atoms with E-state index < -0.39 is 30.8 Å². The summed E-state index contributed by atoms with van der Waals surface area (Å²) < 4.78 is 6.50. The highest BCUT2D eigenvalue weighted by molar-refractivity contribution is 6.74. The number of hydrogen-bond acceptors (Lipinski definition) is 4. The van der Waals surface area contributed by atoms with Crippen LogP contribution in [0, 0.1) is 51.8 Å². The largest absolute Gasteiger partial charge is 0.544 e. The van der Waals surface area contributed by atoms with Crippen molar-refractivity contribution in [3.05, 3.63) is 53.1 Å². The van der Waals surface area contributed by atoms with Crippen LogP contribution in [-0.4, -0.2) is 30.8 Å². The summed E-state index contributed by atoms with van der Waals surface area (Å²) in [5.74, 6) is 0.549. The van der Waals surface area contributed by atoms with Crippen LogP contribution in [0.2, 0.25) is 18.1 Å². The van der Waals surface area contributed by atoms with Gasteiger partial charge in [-0.2, -0.15) is 0 Å². The predicted molar refractivity (Wildman–Crippen MR) is 178 cm³/mol. The lowest BCUT2D eigenvalue weighted by atomic mass is 9.48. The van der Waals surface area contributed by atoms with Crippen molar-refractivity contribution in [1.82, 2.24) is 5.32 Å². The molecular weight excluding hydrogens is 563 g/mol. The first-order valence-electron chi connectivity index (χ1n) is 17.0. The van der Waals surface area contributed by atoms with Gasteiger partial charge in [0.05, 0.1) is 0 Å². The highest BCUT2D eigenvalue weighted by Gasteiger charge is 2.82. The van der Waals surface area contributed by atoms with Gasteiger partial charge in [0.15, 0.2) is 5.78 Å². The first-order chi connectivity index (χ1) is 20.2. The summed E-state index contributed by atoms with van der Waals surface area (Å²) in [7, 11) is -1.99. The Morgan fingerprint density at radius 1 is 1.00 bits per heavy atom. The maximum Gasteiger partial charge on any atom is 0.250 e. The molecule has 5 nitrogen and oxygen atoms in total. The number of nitrogens with one attached hydrogen (secondary N) is 1. The summed E-state index contributed by atoms with van der Waals surface area (Å²) >= 11 is 0. The molecule has 2 N–H and O–H groups in total. The minimum Gasteiger partial charge on any atom is -0.544 e. The number of carbonyl (C=O) groups excluding carboxylic acids is 2. The molecule has 10 atom stereocenters. The molecule has 2 saturated carbocycles. The topological polar surface area (TPSA) is 75.6 Å². The number of ketones is 1. The van der Waals surface area contributed by atoms with E-state index in [-0.39, 0.29) is 52.2 Å². The van der Waals surface area contributed by atoms with Gasteiger partial charge in [0.2, 0.25) is 14.2 Å². The Kier molecular flexibility index (Phi) is 6.98. The van der Waals surface area contributed by atoms with Crippen molar-refractivity contribution in [2.24, 2.45) is 51.8 Å². The SMILES string of the molecule is CC1=C[C@]2(C)[C@@H]3C(C)=C[C@]4(C)C[C@H](C)CC[C@H]4[C@@H]3C(=O)[C@@]23C(=O)N[C@](O)(Cc2ccc(O[Si](C)(C)C(C)(C)C)cc2)[C@H]3[C@@H]1C. The Morgan fingerprint density at radius 2 is 1.64 bits per heavy atom. The number of Topliss-reactive ketones (excluding diaryl/α,β-unsaturated/α-hetero) is 1. The van der Waals surface area contributed by atoms with Crippen molar-refractivity contribution >= 4 is 20.0 Å². The van der Waals surface area contributed by atoms with Crippen LogP contribution in [-0.2, 0) is 16.0 Å². The van der Waals surface area contributed by atoms with Gasteiger partial charge >= 0.3 is 0 Å². The van der Waals surface area contributed by atoms with Crippen LogP contribution in [0.5, 0.6) is 5.75 Å². The second-order valence-corrected chi connectivity index (χ2v) is 22.3. The van der Waals surface area contributed by atoms with Gasteiger partial charge in [-0.05, 0) is 91.6 Å². The first kappa shape index (κ1) is 31.8. The molecule has 6 rings (SSSR count). The summed E-state index contributed by atoms with van der Waals surface area (Å²) in [6, 6.07) is 7.98. The molecule has 0 unspecified atom stereocenters. The molecular formula is C38H55NO4Si. The van der Waals surface area contributed by atoms with Gasteiger partial charge in [0.25, 0.3) is 0 Å². The number of hydrogen-bond donors (Lipinski definition) is 2. The van der Waals surface area contributed by atoms with Crippen molar-refractivity contribution in [2.75, 3.05) is 0 Å². The Balaban J connectivity index is 1.40. The number of aliphatic hydroxyl groups is 1. The molecule has 1 aromatic rings. The minimum absolute atomic E-state index is 0.0358. The number of benzene rings is 1. The van der Waals surface area contributed by atoms with Crippen LogP contribution >= 0.6 is 0 Å². The second kappa shape index (κ2) is 9.67. The van der Waals surface area contributed by atoms with E-state index in [0.29, 0.717) is 5.92 Å². The van der Waals surface area contributed by atoms with Gasteiger partial charge in [0.1, 0.15) is 16.9 Å². The fourth-order valence-corrected chi connectivity index (χ4v) is 11.8. The molecule has 6 heteroatoms. The van der Waals surface area contributed by atoms with Gasteiger partial charge < -0.3 is 14.8 Å². The van der Waals surface area contributed by atoms with Crippen LogP contribution in [0.1, 0.15) is 87.1 Å². The maximum absolute atomic E-state index is 15.2. The van der Waals surface area contributed by atoms with Crippen LogP contribution in [0.15, 0.2) is 47.6 Å². The standard InChI is InChI=1S/C38H55NO4Si/c1-22-12-17-28-29-30(24(3)19-35(28,8)18-22)36(9)20-23(2)25(4)31-37(42,39-33(41)38(31,36)32(29)40)21-26-13-15-27(16-14-26)43-44(10,11)34(5,6)7/h13-16,19-20,22,25,28-31,42H,12,17-18,21H2,1-11H3,(H,39,41)/t22-,25-,28+,29+,30-,31-,35+,36-,37+,38+/m1/s1. The predicted octanol–water partition coefficient (Wildman–Crippen LogP) is 7.85. The molecule has 1 amide bonds. The summed E-state index contributed by atoms with van der Waals surface area (Å²) in [4.78, 5) is 29.8. The molecule has 1 heterocycles. The Bertz CT molecular complexity index is 1450. The van der Waals surface area contributed by atoms with E-state index >= 15 is 4.79 Å². The van der Waals surface area contributed by atoms with E-state index in [1.807, 2.05) is 24.3 Å². The Hall–Kier alpha value is -2.18. The van der Waals surface area contributed by atoms with Crippen LogP contribution in [0.25, 0.3) is 0 Å². The Morgan fingerprint density at radius 3 is 2.25 bits per heavy atom. The van der Waals surface area contributed by atoms with Crippen LogP contribution in [0.4, 0.5) is 0 Å². The summed E-state index contributed by atoms with van der Waals surface area (Å²) in [6.07, 6.45) is 8.19. The molecule has 4 aliphatic carbocycles. The molecule has 3 fully saturated rings. The molecule has 1 aliphatic heterocycles. The second-order valence-electron chi connectivity index (χ2n) is 17.6. The number of carbonyl (C=O) groups is 2. The normalized spacial score (nSPS) is 43.3. The lowest BCUT2D eigenvalue weighted by molar-refractivity contribution is -0.151. The summed E-state index contributed by atoms with van der Waals surface area (Å²) in [5.41, 5.74) is -0.261. The molecule has 0 radical (unpaired) electrons. The third-order valence-corrected chi connectivity index (χ3v) is 18.0. The molecule has 44 heavy (non-hydrogen) atoms. The fourth-order valence-electron chi connectivity index (χ4n) is 10.8. The quantitative estimate of drug-likeness (QED) is 0.205. The lowest BCUT2D eigenvalue weighted by Gasteiger charge is -2.53. The molecule has 0 bridgehead atoms. The number of fused-ring (bicyclic) bond motifs is 4. The van der Waals surface area contributed by atoms with E-state index in [1.54, 1.807) is 0 Å². The van der Waals surface area contributed by atoms with Gasteiger partial charge in [0, 0.05) is 23.7 Å². The molecule has 1 saturated heterocycles. The zero-order chi connectivity index (χ0) is 32.4. The third kappa shape index (κ3) is 4.11. The molecule has 0 aromatic heterocycles. The zero-order valence-electron chi connectivity index (χ0n) is 28.9. The first-order valence-corrected chi connectivity index (χ1v) is 19.9. The molecule has 5 aliphatic rings. The summed E-state index contributed by atoms with van der Waals surface area (Å²) in [6.45, 7) is 24.4. The smallest absolute Gasteiger partial charge is 0.250 e. The van der Waals surface area contributed by atoms with Crippen molar-refractivity contribution in [3.8, 4) is 5.75 Å².